The van der Waals surface area contributed by atoms with Crippen LogP contribution in [0.2, 0.25) is 0 Å². The Hall–Kier alpha value is -0.760. The summed E-state index contributed by atoms with van der Waals surface area (Å²) in [6, 6.07) is 0. The van der Waals surface area contributed by atoms with Gasteiger partial charge < -0.3 is 10.2 Å². The van der Waals surface area contributed by atoms with Gasteiger partial charge in [-0.15, -0.1) is 0 Å². The highest BCUT2D eigenvalue weighted by atomic mass is 19.4. The van der Waals surface area contributed by atoms with Crippen LogP contribution in [0.25, 0.3) is 0 Å². The molecule has 3 aliphatic rings. The smallest absolute Gasteiger partial charge is 0.392 e. The Balaban J connectivity index is 2.06. The molecule has 0 amide bonds. The second-order valence-electron chi connectivity index (χ2n) is 6.96. The van der Waals surface area contributed by atoms with Crippen molar-refractivity contribution in [2.45, 2.75) is 43.8 Å². The SMILES string of the molecule is CC1(C(O)(C(F)(F)F)C(F)(F)F)CC2C3C=CC(C3)C2C1O. The van der Waals surface area contributed by atoms with Gasteiger partial charge in [0.2, 0.25) is 0 Å². The third kappa shape index (κ3) is 1.65. The van der Waals surface area contributed by atoms with Crippen LogP contribution in [0, 0.1) is 29.1 Å². The minimum atomic E-state index is -5.91. The number of aliphatic hydroxyl groups excluding tert-OH is 1. The molecule has 0 saturated heterocycles. The number of fused-ring (bicyclic) bond motifs is 5. The topological polar surface area (TPSA) is 40.5 Å². The number of hydrogen-bond donors (Lipinski definition) is 2. The lowest BCUT2D eigenvalue weighted by atomic mass is 9.67. The number of halogens is 6. The third-order valence-corrected chi connectivity index (χ3v) is 6.01. The van der Waals surface area contributed by atoms with E-state index in [9.17, 15) is 36.6 Å². The molecule has 0 aromatic carbocycles. The van der Waals surface area contributed by atoms with Crippen molar-refractivity contribution in [1.29, 1.82) is 0 Å². The molecule has 6 unspecified atom stereocenters. The number of aliphatic hydroxyl groups is 2. The quantitative estimate of drug-likeness (QED) is 0.573. The van der Waals surface area contributed by atoms with Crippen molar-refractivity contribution in [1.82, 2.24) is 0 Å². The van der Waals surface area contributed by atoms with Gasteiger partial charge in [0.05, 0.1) is 6.10 Å². The Morgan fingerprint density at radius 3 is 1.95 bits per heavy atom. The lowest BCUT2D eigenvalue weighted by molar-refractivity contribution is -0.409. The molecule has 3 aliphatic carbocycles. The first kappa shape index (κ1) is 16.1. The molecular weight excluding hydrogens is 314 g/mol. The first-order chi connectivity index (χ1) is 9.84. The van der Waals surface area contributed by atoms with E-state index >= 15 is 0 Å². The lowest BCUT2D eigenvalue weighted by Crippen LogP contribution is -2.68. The fraction of sp³-hybridized carbons (Fsp3) is 0.857. The van der Waals surface area contributed by atoms with Crippen molar-refractivity contribution in [2.24, 2.45) is 29.1 Å². The van der Waals surface area contributed by atoms with E-state index in [1.54, 1.807) is 12.2 Å². The van der Waals surface area contributed by atoms with Gasteiger partial charge in [0.15, 0.2) is 0 Å². The Kier molecular flexibility index (Phi) is 3.08. The summed E-state index contributed by atoms with van der Waals surface area (Å²) < 4.78 is 79.0. The minimum Gasteiger partial charge on any atom is -0.392 e. The molecule has 0 aromatic rings. The molecule has 2 fully saturated rings. The molecule has 0 radical (unpaired) electrons. The normalized spacial score (nSPS) is 44.7. The van der Waals surface area contributed by atoms with Crippen molar-refractivity contribution in [3.05, 3.63) is 12.2 Å². The van der Waals surface area contributed by atoms with E-state index in [1.165, 1.54) is 0 Å². The Labute approximate surface area is 122 Å². The van der Waals surface area contributed by atoms with Crippen molar-refractivity contribution >= 4 is 0 Å². The van der Waals surface area contributed by atoms with E-state index in [-0.39, 0.29) is 11.8 Å². The predicted octanol–water partition coefficient (Wildman–Crippen LogP) is 3.05. The molecule has 3 rings (SSSR count). The summed E-state index contributed by atoms with van der Waals surface area (Å²) in [6.45, 7) is 0.705. The van der Waals surface area contributed by atoms with E-state index in [0.29, 0.717) is 13.3 Å². The van der Waals surface area contributed by atoms with Gasteiger partial charge in [0.1, 0.15) is 0 Å². The highest BCUT2D eigenvalue weighted by molar-refractivity contribution is 5.24. The standard InChI is InChI=1S/C14H16F6O2/c1-11(12(22,13(15,16)17)14(18,19)20)5-8-6-2-3-7(4-6)9(8)10(11)21/h2-3,6-10,21-22H,4-5H2,1H3. The maximum Gasteiger partial charge on any atom is 0.426 e. The predicted molar refractivity (Wildman–Crippen MR) is 63.5 cm³/mol. The maximum absolute atomic E-state index is 13.2. The van der Waals surface area contributed by atoms with Crippen LogP contribution in [-0.2, 0) is 0 Å². The second kappa shape index (κ2) is 4.20. The zero-order valence-electron chi connectivity index (χ0n) is 11.6. The first-order valence-corrected chi connectivity index (χ1v) is 7.07. The van der Waals surface area contributed by atoms with E-state index in [2.05, 4.69) is 0 Å². The molecular formula is C14H16F6O2. The number of alkyl halides is 6. The molecule has 22 heavy (non-hydrogen) atoms. The summed E-state index contributed by atoms with van der Waals surface area (Å²) in [7, 11) is 0. The van der Waals surface area contributed by atoms with Crippen LogP contribution in [0.15, 0.2) is 12.2 Å². The Morgan fingerprint density at radius 1 is 1.00 bits per heavy atom. The number of rotatable bonds is 1. The van der Waals surface area contributed by atoms with Crippen LogP contribution in [-0.4, -0.2) is 34.3 Å². The van der Waals surface area contributed by atoms with E-state index < -0.39 is 47.7 Å². The largest absolute Gasteiger partial charge is 0.426 e. The Morgan fingerprint density at radius 2 is 1.50 bits per heavy atom. The highest BCUT2D eigenvalue weighted by Gasteiger charge is 2.82. The minimum absolute atomic E-state index is 0.114. The zero-order chi connectivity index (χ0) is 16.7. The third-order valence-electron chi connectivity index (χ3n) is 6.01. The summed E-state index contributed by atoms with van der Waals surface area (Å²) in [5.41, 5.74) is -7.63. The van der Waals surface area contributed by atoms with Crippen LogP contribution in [0.4, 0.5) is 26.3 Å². The van der Waals surface area contributed by atoms with Gasteiger partial charge in [-0.1, -0.05) is 19.1 Å². The average Bonchev–Trinajstić information content (AvgIpc) is 3.00. The summed E-state index contributed by atoms with van der Waals surface area (Å²) in [4.78, 5) is 0. The van der Waals surface area contributed by atoms with Gasteiger partial charge in [-0.05, 0) is 36.5 Å². The van der Waals surface area contributed by atoms with Crippen molar-refractivity contribution < 1.29 is 36.6 Å². The second-order valence-corrected chi connectivity index (χ2v) is 6.96. The average molecular weight is 330 g/mol. The molecule has 2 saturated carbocycles. The highest BCUT2D eigenvalue weighted by Crippen LogP contribution is 2.67. The fourth-order valence-electron chi connectivity index (χ4n) is 4.92. The molecule has 0 aromatic heterocycles. The molecule has 2 nitrogen and oxygen atoms in total. The summed E-state index contributed by atoms with van der Waals surface area (Å²) in [5, 5.41) is 20.0. The summed E-state index contributed by atoms with van der Waals surface area (Å²) in [6.07, 6.45) is -9.98. The molecule has 8 heteroatoms. The van der Waals surface area contributed by atoms with E-state index in [0.717, 1.165) is 0 Å². The van der Waals surface area contributed by atoms with Gasteiger partial charge in [-0.25, -0.2) is 0 Å². The van der Waals surface area contributed by atoms with Gasteiger partial charge >= 0.3 is 12.4 Å². The van der Waals surface area contributed by atoms with Crippen LogP contribution in [0.1, 0.15) is 19.8 Å². The van der Waals surface area contributed by atoms with Gasteiger partial charge in [-0.3, -0.25) is 0 Å². The number of allylic oxidation sites excluding steroid dienone is 2. The zero-order valence-corrected chi connectivity index (χ0v) is 11.6. The first-order valence-electron chi connectivity index (χ1n) is 7.07. The van der Waals surface area contributed by atoms with Gasteiger partial charge in [0.25, 0.3) is 5.60 Å². The van der Waals surface area contributed by atoms with Crippen molar-refractivity contribution in [3.63, 3.8) is 0 Å². The van der Waals surface area contributed by atoms with Crippen molar-refractivity contribution in [2.75, 3.05) is 0 Å². The van der Waals surface area contributed by atoms with Crippen LogP contribution in [0.5, 0.6) is 0 Å². The van der Waals surface area contributed by atoms with Crippen LogP contribution < -0.4 is 0 Å². The molecule has 6 atom stereocenters. The van der Waals surface area contributed by atoms with E-state index in [4.69, 9.17) is 0 Å². The molecule has 0 aliphatic heterocycles. The fourth-order valence-corrected chi connectivity index (χ4v) is 4.92. The summed E-state index contributed by atoms with van der Waals surface area (Å²) in [5.74, 6) is -1.43. The van der Waals surface area contributed by atoms with Crippen molar-refractivity contribution in [3.8, 4) is 0 Å². The maximum atomic E-state index is 13.2. The van der Waals surface area contributed by atoms with Crippen LogP contribution >= 0.6 is 0 Å². The van der Waals surface area contributed by atoms with Gasteiger partial charge in [0, 0.05) is 5.41 Å². The molecule has 126 valence electrons. The summed E-state index contributed by atoms with van der Waals surface area (Å²) >= 11 is 0. The van der Waals surface area contributed by atoms with Gasteiger partial charge in [-0.2, -0.15) is 26.3 Å². The van der Waals surface area contributed by atoms with E-state index in [1.807, 2.05) is 0 Å². The molecule has 0 spiro atoms. The number of hydrogen-bond acceptors (Lipinski definition) is 2. The molecule has 2 bridgehead atoms. The Bertz CT molecular complexity index is 496. The van der Waals surface area contributed by atoms with Crippen LogP contribution in [0.3, 0.4) is 0 Å². The molecule has 0 heterocycles. The lowest BCUT2D eigenvalue weighted by Gasteiger charge is -2.47. The molecule has 2 N–H and O–H groups in total. The monoisotopic (exact) mass is 330 g/mol.